The Bertz CT molecular complexity index is 369. The van der Waals surface area contributed by atoms with E-state index in [2.05, 4.69) is 6.07 Å². The number of rotatable bonds is 2. The molecule has 1 heterocycles. The van der Waals surface area contributed by atoms with Gasteiger partial charge in [-0.25, -0.2) is 0 Å². The van der Waals surface area contributed by atoms with Gasteiger partial charge >= 0.3 is 0 Å². The van der Waals surface area contributed by atoms with Crippen LogP contribution in [0.2, 0.25) is 0 Å². The summed E-state index contributed by atoms with van der Waals surface area (Å²) in [6.45, 7) is 5.42. The van der Waals surface area contributed by atoms with Crippen LogP contribution in [0.4, 0.5) is 0 Å². The zero-order valence-electron chi connectivity index (χ0n) is 12.4. The lowest BCUT2D eigenvalue weighted by atomic mass is 9.68. The molecule has 2 rings (SSSR count). The molecule has 1 unspecified atom stereocenters. The highest BCUT2D eigenvalue weighted by molar-refractivity contribution is 5.85. The number of nitriles is 1. The van der Waals surface area contributed by atoms with E-state index in [9.17, 15) is 10.1 Å². The van der Waals surface area contributed by atoms with Crippen LogP contribution in [0, 0.1) is 22.2 Å². The molecule has 0 aromatic carbocycles. The zero-order valence-corrected chi connectivity index (χ0v) is 12.4. The molecule has 2 aliphatic rings. The zero-order chi connectivity index (χ0) is 13.9. The maximum absolute atomic E-state index is 12.5. The summed E-state index contributed by atoms with van der Waals surface area (Å²) in [5.41, 5.74) is -0.304. The van der Waals surface area contributed by atoms with E-state index in [1.807, 2.05) is 11.8 Å². The van der Waals surface area contributed by atoms with E-state index in [1.165, 1.54) is 32.1 Å². The van der Waals surface area contributed by atoms with Gasteiger partial charge in [-0.1, -0.05) is 26.2 Å². The summed E-state index contributed by atoms with van der Waals surface area (Å²) < 4.78 is 0. The highest BCUT2D eigenvalue weighted by Crippen LogP contribution is 2.45. The van der Waals surface area contributed by atoms with Gasteiger partial charge in [-0.2, -0.15) is 5.26 Å². The predicted molar refractivity (Wildman–Crippen MR) is 75.3 cm³/mol. The van der Waals surface area contributed by atoms with Crippen LogP contribution in [0.25, 0.3) is 0 Å². The molecule has 1 saturated heterocycles. The number of amides is 1. The molecular weight excluding hydrogens is 236 g/mol. The van der Waals surface area contributed by atoms with Crippen LogP contribution in [-0.2, 0) is 4.79 Å². The molecule has 1 atom stereocenters. The average molecular weight is 262 g/mol. The molecule has 0 bridgehead atoms. The fourth-order valence-corrected chi connectivity index (χ4v) is 3.61. The first-order valence-corrected chi connectivity index (χ1v) is 7.76. The molecule has 0 N–H and O–H groups in total. The van der Waals surface area contributed by atoms with E-state index in [0.29, 0.717) is 11.8 Å². The van der Waals surface area contributed by atoms with E-state index in [0.717, 1.165) is 25.9 Å². The fraction of sp³-hybridized carbons (Fsp3) is 0.875. The minimum Gasteiger partial charge on any atom is -0.341 e. The quantitative estimate of drug-likeness (QED) is 0.764. The molecule has 3 nitrogen and oxygen atoms in total. The Morgan fingerprint density at radius 3 is 2.26 bits per heavy atom. The Balaban J connectivity index is 1.96. The van der Waals surface area contributed by atoms with Crippen molar-refractivity contribution in [3.05, 3.63) is 0 Å². The number of carbonyl (C=O) groups excluding carboxylic acids is 1. The number of hydrogen-bond acceptors (Lipinski definition) is 2. The summed E-state index contributed by atoms with van der Waals surface area (Å²) in [5, 5.41) is 9.23. The largest absolute Gasteiger partial charge is 0.341 e. The molecule has 1 aliphatic heterocycles. The van der Waals surface area contributed by atoms with Crippen LogP contribution < -0.4 is 0 Å². The number of carbonyl (C=O) groups is 1. The molecule has 0 aromatic heterocycles. The SMILES string of the molecule is CCC(C)(C#N)C(=O)N1CCC2(CCCCC2)CC1. The molecule has 1 amide bonds. The Labute approximate surface area is 117 Å². The minimum atomic E-state index is -0.822. The molecule has 0 aromatic rings. The topological polar surface area (TPSA) is 44.1 Å². The van der Waals surface area contributed by atoms with Crippen molar-refractivity contribution in [3.8, 4) is 6.07 Å². The van der Waals surface area contributed by atoms with Crippen LogP contribution in [0.15, 0.2) is 0 Å². The van der Waals surface area contributed by atoms with Crippen LogP contribution in [-0.4, -0.2) is 23.9 Å². The highest BCUT2D eigenvalue weighted by Gasteiger charge is 2.41. The second kappa shape index (κ2) is 5.53. The van der Waals surface area contributed by atoms with Crippen molar-refractivity contribution in [3.63, 3.8) is 0 Å². The lowest BCUT2D eigenvalue weighted by Crippen LogP contribution is -2.48. The van der Waals surface area contributed by atoms with Crippen molar-refractivity contribution in [1.29, 1.82) is 5.26 Å². The summed E-state index contributed by atoms with van der Waals surface area (Å²) in [6, 6.07) is 2.21. The molecule has 2 fully saturated rings. The summed E-state index contributed by atoms with van der Waals surface area (Å²) in [5.74, 6) is 0.0446. The first-order chi connectivity index (χ1) is 9.05. The molecule has 106 valence electrons. The van der Waals surface area contributed by atoms with E-state index in [1.54, 1.807) is 6.92 Å². The smallest absolute Gasteiger partial charge is 0.242 e. The van der Waals surface area contributed by atoms with E-state index < -0.39 is 5.41 Å². The van der Waals surface area contributed by atoms with Gasteiger partial charge < -0.3 is 4.90 Å². The van der Waals surface area contributed by atoms with Crippen LogP contribution in [0.5, 0.6) is 0 Å². The Kier molecular flexibility index (Phi) is 4.18. The first-order valence-electron chi connectivity index (χ1n) is 7.76. The third kappa shape index (κ3) is 2.78. The standard InChI is InChI=1S/C16H26N2O/c1-3-15(2,13-17)14(19)18-11-9-16(10-12-18)7-5-4-6-8-16/h3-12H2,1-2H3. The van der Waals surface area contributed by atoms with Crippen molar-refractivity contribution >= 4 is 5.91 Å². The van der Waals surface area contributed by atoms with E-state index in [4.69, 9.17) is 0 Å². The van der Waals surface area contributed by atoms with Gasteiger partial charge in [0.1, 0.15) is 5.41 Å². The van der Waals surface area contributed by atoms with E-state index >= 15 is 0 Å². The van der Waals surface area contributed by atoms with Gasteiger partial charge in [0.05, 0.1) is 6.07 Å². The maximum Gasteiger partial charge on any atom is 0.242 e. The van der Waals surface area contributed by atoms with Crippen molar-refractivity contribution in [2.45, 2.75) is 65.2 Å². The van der Waals surface area contributed by atoms with Crippen LogP contribution in [0.3, 0.4) is 0 Å². The molecule has 3 heteroatoms. The van der Waals surface area contributed by atoms with Crippen molar-refractivity contribution in [2.24, 2.45) is 10.8 Å². The van der Waals surface area contributed by atoms with Gasteiger partial charge in [0.15, 0.2) is 0 Å². The third-order valence-corrected chi connectivity index (χ3v) is 5.45. The summed E-state index contributed by atoms with van der Waals surface area (Å²) in [6.07, 6.45) is 9.68. The predicted octanol–water partition coefficient (Wildman–Crippen LogP) is 3.50. The molecule has 19 heavy (non-hydrogen) atoms. The average Bonchev–Trinajstić information content (AvgIpc) is 2.47. The number of piperidine rings is 1. The molecule has 0 radical (unpaired) electrons. The summed E-state index contributed by atoms with van der Waals surface area (Å²) >= 11 is 0. The molecular formula is C16H26N2O. The lowest BCUT2D eigenvalue weighted by Gasteiger charge is -2.45. The molecule has 1 spiro atoms. The second-order valence-electron chi connectivity index (χ2n) is 6.65. The van der Waals surface area contributed by atoms with Crippen molar-refractivity contribution in [2.75, 3.05) is 13.1 Å². The first kappa shape index (κ1) is 14.4. The Morgan fingerprint density at radius 2 is 1.79 bits per heavy atom. The lowest BCUT2D eigenvalue weighted by molar-refractivity contribution is -0.141. The summed E-state index contributed by atoms with van der Waals surface area (Å²) in [7, 11) is 0. The van der Waals surface area contributed by atoms with Gasteiger partial charge in [0.25, 0.3) is 0 Å². The van der Waals surface area contributed by atoms with Crippen LogP contribution >= 0.6 is 0 Å². The van der Waals surface area contributed by atoms with Gasteiger partial charge in [0.2, 0.25) is 5.91 Å². The number of nitrogens with zero attached hydrogens (tertiary/aromatic N) is 2. The third-order valence-electron chi connectivity index (χ3n) is 5.45. The van der Waals surface area contributed by atoms with Crippen LogP contribution in [0.1, 0.15) is 65.2 Å². The van der Waals surface area contributed by atoms with Gasteiger partial charge in [-0.05, 0) is 44.4 Å². The highest BCUT2D eigenvalue weighted by atomic mass is 16.2. The summed E-state index contributed by atoms with van der Waals surface area (Å²) in [4.78, 5) is 14.4. The second-order valence-corrected chi connectivity index (χ2v) is 6.65. The van der Waals surface area contributed by atoms with E-state index in [-0.39, 0.29) is 5.91 Å². The van der Waals surface area contributed by atoms with Gasteiger partial charge in [0, 0.05) is 13.1 Å². The van der Waals surface area contributed by atoms with Gasteiger partial charge in [-0.3, -0.25) is 4.79 Å². The number of likely N-dealkylation sites (tertiary alicyclic amines) is 1. The normalized spacial score (nSPS) is 25.6. The molecule has 1 aliphatic carbocycles. The minimum absolute atomic E-state index is 0.0446. The number of hydrogen-bond donors (Lipinski definition) is 0. The van der Waals surface area contributed by atoms with Gasteiger partial charge in [-0.15, -0.1) is 0 Å². The Morgan fingerprint density at radius 1 is 1.21 bits per heavy atom. The van der Waals surface area contributed by atoms with Crippen molar-refractivity contribution in [1.82, 2.24) is 4.90 Å². The maximum atomic E-state index is 12.5. The Hall–Kier alpha value is -1.04. The monoisotopic (exact) mass is 262 g/mol. The van der Waals surface area contributed by atoms with Crippen molar-refractivity contribution < 1.29 is 4.79 Å². The fourth-order valence-electron chi connectivity index (χ4n) is 3.61. The molecule has 1 saturated carbocycles.